The van der Waals surface area contributed by atoms with Gasteiger partial charge in [-0.1, -0.05) is 6.08 Å². The molecule has 0 saturated carbocycles. The van der Waals surface area contributed by atoms with Crippen LogP contribution >= 0.6 is 0 Å². The molecule has 0 aliphatic carbocycles. The van der Waals surface area contributed by atoms with Gasteiger partial charge in [-0.3, -0.25) is 4.68 Å². The Kier molecular flexibility index (Phi) is 3.09. The quantitative estimate of drug-likeness (QED) is 0.625. The molecule has 1 aromatic heterocycles. The number of aryl methyl sites for hydroxylation is 1. The highest BCUT2D eigenvalue weighted by Crippen LogP contribution is 2.05. The Morgan fingerprint density at radius 3 is 2.92 bits per heavy atom. The first-order chi connectivity index (χ1) is 5.74. The Bertz CT molecular complexity index is 248. The van der Waals surface area contributed by atoms with Crippen LogP contribution in [0.3, 0.4) is 0 Å². The van der Waals surface area contributed by atoms with E-state index in [0.29, 0.717) is 6.04 Å². The summed E-state index contributed by atoms with van der Waals surface area (Å²) in [4.78, 5) is 0. The molecule has 1 heterocycles. The Labute approximate surface area is 73.9 Å². The highest BCUT2D eigenvalue weighted by molar-refractivity contribution is 5.00. The van der Waals surface area contributed by atoms with Crippen molar-refractivity contribution >= 4 is 0 Å². The predicted molar refractivity (Wildman–Crippen MR) is 51.1 cm³/mol. The van der Waals surface area contributed by atoms with Crippen molar-refractivity contribution in [1.29, 1.82) is 0 Å². The van der Waals surface area contributed by atoms with E-state index in [2.05, 4.69) is 31.6 Å². The molecule has 0 spiro atoms. The van der Waals surface area contributed by atoms with Gasteiger partial charge in [-0.15, -0.1) is 6.58 Å². The van der Waals surface area contributed by atoms with Crippen molar-refractivity contribution in [3.8, 4) is 0 Å². The molecule has 0 bridgehead atoms. The molecule has 1 aromatic rings. The summed E-state index contributed by atoms with van der Waals surface area (Å²) < 4.78 is 1.98. The maximum absolute atomic E-state index is 4.42. The first kappa shape index (κ1) is 9.04. The summed E-state index contributed by atoms with van der Waals surface area (Å²) in [7, 11) is 0. The average molecular weight is 164 g/mol. The molecule has 0 N–H and O–H groups in total. The maximum Gasteiger partial charge on any atom is 0.0627 e. The second-order valence-corrected chi connectivity index (χ2v) is 3.21. The standard InChI is InChI=1S/C10H16N2/c1-4-5-6-10-7-8-12(11-10)9(2)3/h4,7-9H,1,5-6H2,2-3H3. The maximum atomic E-state index is 4.42. The zero-order valence-electron chi connectivity index (χ0n) is 7.83. The average Bonchev–Trinajstić information content (AvgIpc) is 2.48. The van der Waals surface area contributed by atoms with Crippen LogP contribution in [0.4, 0.5) is 0 Å². The number of nitrogens with zero attached hydrogens (tertiary/aromatic N) is 2. The zero-order chi connectivity index (χ0) is 8.97. The fraction of sp³-hybridized carbons (Fsp3) is 0.500. The van der Waals surface area contributed by atoms with Gasteiger partial charge in [0.25, 0.3) is 0 Å². The first-order valence-electron chi connectivity index (χ1n) is 4.39. The predicted octanol–water partition coefficient (Wildman–Crippen LogP) is 2.58. The van der Waals surface area contributed by atoms with Crippen molar-refractivity contribution < 1.29 is 0 Å². The summed E-state index contributed by atoms with van der Waals surface area (Å²) in [6.07, 6.45) is 5.97. The van der Waals surface area contributed by atoms with Gasteiger partial charge in [-0.2, -0.15) is 5.10 Å². The number of hydrogen-bond donors (Lipinski definition) is 0. The molecule has 0 aromatic carbocycles. The fourth-order valence-corrected chi connectivity index (χ4v) is 1.05. The van der Waals surface area contributed by atoms with Gasteiger partial charge in [0.2, 0.25) is 0 Å². The van der Waals surface area contributed by atoms with Gasteiger partial charge in [0.1, 0.15) is 0 Å². The lowest BCUT2D eigenvalue weighted by Crippen LogP contribution is -2.01. The minimum absolute atomic E-state index is 0.461. The summed E-state index contributed by atoms with van der Waals surface area (Å²) in [5, 5.41) is 4.42. The van der Waals surface area contributed by atoms with Crippen LogP contribution in [-0.2, 0) is 6.42 Å². The topological polar surface area (TPSA) is 17.8 Å². The van der Waals surface area contributed by atoms with Crippen LogP contribution in [0.5, 0.6) is 0 Å². The van der Waals surface area contributed by atoms with Crippen LogP contribution in [0.1, 0.15) is 32.0 Å². The molecule has 0 radical (unpaired) electrons. The molecule has 12 heavy (non-hydrogen) atoms. The van der Waals surface area contributed by atoms with Crippen molar-refractivity contribution in [2.45, 2.75) is 32.7 Å². The van der Waals surface area contributed by atoms with E-state index in [-0.39, 0.29) is 0 Å². The van der Waals surface area contributed by atoms with Crippen LogP contribution in [0.2, 0.25) is 0 Å². The van der Waals surface area contributed by atoms with E-state index in [1.165, 1.54) is 0 Å². The number of hydrogen-bond acceptors (Lipinski definition) is 1. The molecule has 66 valence electrons. The number of aromatic nitrogens is 2. The smallest absolute Gasteiger partial charge is 0.0627 e. The Hall–Kier alpha value is -1.05. The summed E-state index contributed by atoms with van der Waals surface area (Å²) in [5.74, 6) is 0. The first-order valence-corrected chi connectivity index (χ1v) is 4.39. The molecule has 2 heteroatoms. The minimum Gasteiger partial charge on any atom is -0.270 e. The lowest BCUT2D eigenvalue weighted by atomic mass is 10.2. The van der Waals surface area contributed by atoms with Gasteiger partial charge < -0.3 is 0 Å². The van der Waals surface area contributed by atoms with Gasteiger partial charge in [0.05, 0.1) is 5.69 Å². The SMILES string of the molecule is C=CCCc1ccn(C(C)C)n1. The third kappa shape index (κ3) is 2.22. The molecular formula is C10H16N2. The van der Waals surface area contributed by atoms with E-state index in [1.807, 2.05) is 17.0 Å². The summed E-state index contributed by atoms with van der Waals surface area (Å²) in [6, 6.07) is 2.53. The van der Waals surface area contributed by atoms with Gasteiger partial charge in [-0.25, -0.2) is 0 Å². The molecule has 2 nitrogen and oxygen atoms in total. The van der Waals surface area contributed by atoms with Crippen LogP contribution in [0.25, 0.3) is 0 Å². The van der Waals surface area contributed by atoms with Crippen molar-refractivity contribution in [2.24, 2.45) is 0 Å². The van der Waals surface area contributed by atoms with Crippen molar-refractivity contribution in [1.82, 2.24) is 9.78 Å². The Morgan fingerprint density at radius 1 is 1.67 bits per heavy atom. The van der Waals surface area contributed by atoms with E-state index in [1.54, 1.807) is 0 Å². The lowest BCUT2D eigenvalue weighted by Gasteiger charge is -2.03. The normalized spacial score (nSPS) is 10.6. The van der Waals surface area contributed by atoms with E-state index < -0.39 is 0 Å². The van der Waals surface area contributed by atoms with Crippen LogP contribution in [0, 0.1) is 0 Å². The monoisotopic (exact) mass is 164 g/mol. The summed E-state index contributed by atoms with van der Waals surface area (Å²) >= 11 is 0. The molecule has 0 fully saturated rings. The largest absolute Gasteiger partial charge is 0.270 e. The minimum atomic E-state index is 0.461. The van der Waals surface area contributed by atoms with Gasteiger partial charge in [0, 0.05) is 12.2 Å². The Morgan fingerprint density at radius 2 is 2.42 bits per heavy atom. The Balaban J connectivity index is 2.58. The van der Waals surface area contributed by atoms with Crippen LogP contribution in [0.15, 0.2) is 24.9 Å². The molecule has 0 aliphatic rings. The van der Waals surface area contributed by atoms with Crippen LogP contribution < -0.4 is 0 Å². The molecular weight excluding hydrogens is 148 g/mol. The highest BCUT2D eigenvalue weighted by Gasteiger charge is 1.99. The highest BCUT2D eigenvalue weighted by atomic mass is 15.3. The second-order valence-electron chi connectivity index (χ2n) is 3.21. The van der Waals surface area contributed by atoms with Crippen LogP contribution in [-0.4, -0.2) is 9.78 Å². The number of rotatable bonds is 4. The molecule has 0 unspecified atom stereocenters. The van der Waals surface area contributed by atoms with E-state index in [0.717, 1.165) is 18.5 Å². The molecule has 1 rings (SSSR count). The van der Waals surface area contributed by atoms with Crippen molar-refractivity contribution in [3.05, 3.63) is 30.6 Å². The second kappa shape index (κ2) is 4.10. The third-order valence-corrected chi connectivity index (χ3v) is 1.80. The van der Waals surface area contributed by atoms with E-state index in [9.17, 15) is 0 Å². The van der Waals surface area contributed by atoms with Crippen molar-refractivity contribution in [3.63, 3.8) is 0 Å². The van der Waals surface area contributed by atoms with Gasteiger partial charge in [-0.05, 0) is 32.8 Å². The third-order valence-electron chi connectivity index (χ3n) is 1.80. The van der Waals surface area contributed by atoms with Gasteiger partial charge in [0.15, 0.2) is 0 Å². The van der Waals surface area contributed by atoms with Crippen molar-refractivity contribution in [2.75, 3.05) is 0 Å². The van der Waals surface area contributed by atoms with Gasteiger partial charge >= 0.3 is 0 Å². The zero-order valence-corrected chi connectivity index (χ0v) is 7.83. The molecule has 0 amide bonds. The molecule has 0 atom stereocenters. The fourth-order valence-electron chi connectivity index (χ4n) is 1.05. The summed E-state index contributed by atoms with van der Waals surface area (Å²) in [6.45, 7) is 7.94. The molecule has 0 aliphatic heterocycles. The van der Waals surface area contributed by atoms with E-state index >= 15 is 0 Å². The number of allylic oxidation sites excluding steroid dienone is 1. The lowest BCUT2D eigenvalue weighted by molar-refractivity contribution is 0.526. The van der Waals surface area contributed by atoms with E-state index in [4.69, 9.17) is 0 Å². The molecule has 0 saturated heterocycles. The summed E-state index contributed by atoms with van der Waals surface area (Å²) in [5.41, 5.74) is 1.16.